The Balaban J connectivity index is 1.80. The van der Waals surface area contributed by atoms with Crippen LogP contribution in [0.2, 0.25) is 5.02 Å². The molecule has 2 aromatic rings. The Morgan fingerprint density at radius 1 is 1.47 bits per heavy atom. The van der Waals surface area contributed by atoms with Gasteiger partial charge in [0.2, 0.25) is 5.16 Å². The molecule has 0 amide bonds. The molecular weight excluding hydrogens is 280 g/mol. The number of nitrogens with zero attached hydrogens (tertiary/aromatic N) is 2. The van der Waals surface area contributed by atoms with Crippen molar-refractivity contribution in [3.63, 3.8) is 0 Å². The fourth-order valence-electron chi connectivity index (χ4n) is 1.81. The molecular formula is C13H15ClN4S. The number of H-pyrrole nitrogens is 1. The molecule has 1 aliphatic rings. The lowest BCUT2D eigenvalue weighted by molar-refractivity contribution is 0.680. The SMILES string of the molecule is Cc1nc(Sc2c(Cl)cccc2CNC2CC2)n[nH]1. The fraction of sp³-hybridized carbons (Fsp3) is 0.385. The number of rotatable bonds is 5. The van der Waals surface area contributed by atoms with Crippen molar-refractivity contribution in [2.24, 2.45) is 0 Å². The van der Waals surface area contributed by atoms with Gasteiger partial charge in [-0.15, -0.1) is 5.10 Å². The average molecular weight is 295 g/mol. The molecule has 19 heavy (non-hydrogen) atoms. The Kier molecular flexibility index (Phi) is 3.77. The summed E-state index contributed by atoms with van der Waals surface area (Å²) in [5.41, 5.74) is 1.20. The second-order valence-electron chi connectivity index (χ2n) is 4.69. The van der Waals surface area contributed by atoms with Crippen LogP contribution in [0, 0.1) is 6.92 Å². The zero-order valence-corrected chi connectivity index (χ0v) is 12.2. The van der Waals surface area contributed by atoms with Crippen LogP contribution in [0.3, 0.4) is 0 Å². The molecule has 0 atom stereocenters. The second kappa shape index (κ2) is 5.53. The van der Waals surface area contributed by atoms with Gasteiger partial charge in [0.1, 0.15) is 5.82 Å². The summed E-state index contributed by atoms with van der Waals surface area (Å²) in [7, 11) is 0. The summed E-state index contributed by atoms with van der Waals surface area (Å²) in [6.07, 6.45) is 2.56. The van der Waals surface area contributed by atoms with Gasteiger partial charge in [0.15, 0.2) is 0 Å². The van der Waals surface area contributed by atoms with Crippen LogP contribution in [0.15, 0.2) is 28.3 Å². The van der Waals surface area contributed by atoms with Gasteiger partial charge < -0.3 is 5.32 Å². The molecule has 100 valence electrons. The van der Waals surface area contributed by atoms with Crippen molar-refractivity contribution in [1.29, 1.82) is 0 Å². The van der Waals surface area contributed by atoms with E-state index in [1.807, 2.05) is 19.1 Å². The van der Waals surface area contributed by atoms with Crippen LogP contribution >= 0.6 is 23.4 Å². The summed E-state index contributed by atoms with van der Waals surface area (Å²) in [5, 5.41) is 12.0. The van der Waals surface area contributed by atoms with Gasteiger partial charge in [-0.25, -0.2) is 4.98 Å². The third kappa shape index (κ3) is 3.29. The van der Waals surface area contributed by atoms with Gasteiger partial charge in [-0.05, 0) is 43.2 Å². The lowest BCUT2D eigenvalue weighted by Crippen LogP contribution is -2.15. The third-order valence-corrected chi connectivity index (χ3v) is 4.46. The second-order valence-corrected chi connectivity index (χ2v) is 6.07. The molecule has 1 aliphatic carbocycles. The molecule has 6 heteroatoms. The Morgan fingerprint density at radius 2 is 2.32 bits per heavy atom. The number of hydrogen-bond donors (Lipinski definition) is 2. The molecule has 0 unspecified atom stereocenters. The van der Waals surface area contributed by atoms with Crippen molar-refractivity contribution in [3.8, 4) is 0 Å². The molecule has 1 aromatic carbocycles. The van der Waals surface area contributed by atoms with Crippen molar-refractivity contribution in [1.82, 2.24) is 20.5 Å². The summed E-state index contributed by atoms with van der Waals surface area (Å²) in [6.45, 7) is 2.73. The molecule has 3 rings (SSSR count). The van der Waals surface area contributed by atoms with Crippen molar-refractivity contribution in [2.75, 3.05) is 0 Å². The average Bonchev–Trinajstić information content (AvgIpc) is 3.13. The normalized spacial score (nSPS) is 14.8. The van der Waals surface area contributed by atoms with Gasteiger partial charge in [0, 0.05) is 17.5 Å². The van der Waals surface area contributed by atoms with E-state index in [0.717, 1.165) is 22.3 Å². The first-order chi connectivity index (χ1) is 9.22. The minimum Gasteiger partial charge on any atom is -0.310 e. The van der Waals surface area contributed by atoms with E-state index in [-0.39, 0.29) is 0 Å². The Labute approximate surface area is 121 Å². The third-order valence-electron chi connectivity index (χ3n) is 2.98. The Bertz CT molecular complexity index is 580. The van der Waals surface area contributed by atoms with Gasteiger partial charge in [-0.3, -0.25) is 5.10 Å². The minimum atomic E-state index is 0.683. The van der Waals surface area contributed by atoms with Crippen LogP contribution in [-0.2, 0) is 6.54 Å². The van der Waals surface area contributed by atoms with Gasteiger partial charge in [-0.2, -0.15) is 0 Å². The van der Waals surface area contributed by atoms with Crippen LogP contribution < -0.4 is 5.32 Å². The summed E-state index contributed by atoms with van der Waals surface area (Å²) in [4.78, 5) is 5.35. The van der Waals surface area contributed by atoms with Gasteiger partial charge in [-0.1, -0.05) is 23.7 Å². The number of aromatic amines is 1. The number of benzene rings is 1. The molecule has 0 aliphatic heterocycles. The number of hydrogen-bond acceptors (Lipinski definition) is 4. The highest BCUT2D eigenvalue weighted by molar-refractivity contribution is 7.99. The Hall–Kier alpha value is -1.04. The topological polar surface area (TPSA) is 53.6 Å². The van der Waals surface area contributed by atoms with Crippen molar-refractivity contribution in [2.45, 2.75) is 42.4 Å². The number of nitrogens with one attached hydrogen (secondary N) is 2. The number of halogens is 1. The van der Waals surface area contributed by atoms with E-state index >= 15 is 0 Å². The van der Waals surface area contributed by atoms with Crippen molar-refractivity contribution < 1.29 is 0 Å². The molecule has 0 radical (unpaired) electrons. The summed E-state index contributed by atoms with van der Waals surface area (Å²) >= 11 is 7.81. The molecule has 0 saturated heterocycles. The van der Waals surface area contributed by atoms with Crippen molar-refractivity contribution >= 4 is 23.4 Å². The highest BCUT2D eigenvalue weighted by Gasteiger charge is 2.21. The number of aryl methyl sites for hydroxylation is 1. The monoisotopic (exact) mass is 294 g/mol. The lowest BCUT2D eigenvalue weighted by Gasteiger charge is -2.10. The predicted molar refractivity (Wildman–Crippen MR) is 76.6 cm³/mol. The first-order valence-electron chi connectivity index (χ1n) is 6.30. The molecule has 2 N–H and O–H groups in total. The maximum absolute atomic E-state index is 6.30. The quantitative estimate of drug-likeness (QED) is 0.889. The summed E-state index contributed by atoms with van der Waals surface area (Å²) in [5.74, 6) is 0.812. The van der Waals surface area contributed by atoms with Gasteiger partial charge in [0.25, 0.3) is 0 Å². The van der Waals surface area contributed by atoms with E-state index in [9.17, 15) is 0 Å². The molecule has 1 aromatic heterocycles. The lowest BCUT2D eigenvalue weighted by atomic mass is 10.2. The molecule has 1 fully saturated rings. The highest BCUT2D eigenvalue weighted by atomic mass is 35.5. The van der Waals surface area contributed by atoms with Crippen LogP contribution in [0.4, 0.5) is 0 Å². The summed E-state index contributed by atoms with van der Waals surface area (Å²) in [6, 6.07) is 6.68. The van der Waals surface area contributed by atoms with Crippen LogP contribution in [0.5, 0.6) is 0 Å². The maximum Gasteiger partial charge on any atom is 0.213 e. The molecule has 1 heterocycles. The number of aromatic nitrogens is 3. The predicted octanol–water partition coefficient (Wildman–Crippen LogP) is 3.17. The zero-order chi connectivity index (χ0) is 13.2. The van der Waals surface area contributed by atoms with Crippen LogP contribution in [-0.4, -0.2) is 21.2 Å². The highest BCUT2D eigenvalue weighted by Crippen LogP contribution is 2.34. The minimum absolute atomic E-state index is 0.683. The fourth-order valence-corrected chi connectivity index (χ4v) is 3.01. The molecule has 1 saturated carbocycles. The van der Waals surface area contributed by atoms with Crippen LogP contribution in [0.25, 0.3) is 0 Å². The summed E-state index contributed by atoms with van der Waals surface area (Å²) < 4.78 is 0. The van der Waals surface area contributed by atoms with Crippen molar-refractivity contribution in [3.05, 3.63) is 34.6 Å². The molecule has 4 nitrogen and oxygen atoms in total. The van der Waals surface area contributed by atoms with E-state index in [1.165, 1.54) is 30.2 Å². The molecule has 0 spiro atoms. The largest absolute Gasteiger partial charge is 0.310 e. The molecule has 0 bridgehead atoms. The van der Waals surface area contributed by atoms with Crippen LogP contribution in [0.1, 0.15) is 24.2 Å². The van der Waals surface area contributed by atoms with Gasteiger partial charge in [0.05, 0.1) is 5.02 Å². The van der Waals surface area contributed by atoms with E-state index in [0.29, 0.717) is 11.2 Å². The first kappa shape index (κ1) is 13.0. The smallest absolute Gasteiger partial charge is 0.213 e. The van der Waals surface area contributed by atoms with E-state index in [2.05, 4.69) is 26.6 Å². The zero-order valence-electron chi connectivity index (χ0n) is 10.6. The van der Waals surface area contributed by atoms with E-state index in [1.54, 1.807) is 0 Å². The Morgan fingerprint density at radius 3 is 3.00 bits per heavy atom. The van der Waals surface area contributed by atoms with E-state index in [4.69, 9.17) is 11.6 Å². The maximum atomic E-state index is 6.30. The van der Waals surface area contributed by atoms with E-state index < -0.39 is 0 Å². The standard InChI is InChI=1S/C13H15ClN4S/c1-8-16-13(18-17-8)19-12-9(3-2-4-11(12)14)7-15-10-5-6-10/h2-4,10,15H,5-7H2,1H3,(H,16,17,18). The first-order valence-corrected chi connectivity index (χ1v) is 7.49. The van der Waals surface area contributed by atoms with Gasteiger partial charge >= 0.3 is 0 Å².